The van der Waals surface area contributed by atoms with Gasteiger partial charge in [-0.15, -0.1) is 0 Å². The molecule has 1 heterocycles. The summed E-state index contributed by atoms with van der Waals surface area (Å²) in [6, 6.07) is 7.49. The summed E-state index contributed by atoms with van der Waals surface area (Å²) in [5, 5.41) is 5.64. The summed E-state index contributed by atoms with van der Waals surface area (Å²) in [5.74, 6) is -0.0230. The third kappa shape index (κ3) is 2.31. The third-order valence-corrected chi connectivity index (χ3v) is 2.69. The van der Waals surface area contributed by atoms with Crippen LogP contribution in [0.15, 0.2) is 33.8 Å². The molecule has 0 radical (unpaired) electrons. The van der Waals surface area contributed by atoms with Crippen LogP contribution < -0.4 is 5.01 Å². The van der Waals surface area contributed by atoms with Gasteiger partial charge >= 0.3 is 0 Å². The molecule has 1 aliphatic heterocycles. The molecule has 5 heteroatoms. The Bertz CT molecular complexity index is 445. The van der Waals surface area contributed by atoms with Crippen molar-refractivity contribution < 1.29 is 9.53 Å². The molecule has 0 atom stereocenters. The molecule has 84 valence electrons. The van der Waals surface area contributed by atoms with E-state index in [1.165, 1.54) is 5.01 Å². The standard InChI is InChI=1S/C11H11BrN2O2/c1-16-7-9-6-11(15)14(13-9)10-4-2-3-8(12)5-10/h2-5H,6-7H2,1H3. The van der Waals surface area contributed by atoms with Crippen LogP contribution in [0.25, 0.3) is 0 Å². The van der Waals surface area contributed by atoms with Crippen LogP contribution in [-0.2, 0) is 9.53 Å². The van der Waals surface area contributed by atoms with Crippen molar-refractivity contribution in [2.75, 3.05) is 18.7 Å². The van der Waals surface area contributed by atoms with Crippen LogP contribution in [0, 0.1) is 0 Å². The predicted octanol–water partition coefficient (Wildman–Crippen LogP) is 2.19. The number of amides is 1. The normalized spacial score (nSPS) is 15.5. The Morgan fingerprint density at radius 3 is 3.06 bits per heavy atom. The summed E-state index contributed by atoms with van der Waals surface area (Å²) >= 11 is 3.36. The zero-order chi connectivity index (χ0) is 11.5. The number of benzene rings is 1. The van der Waals surface area contributed by atoms with E-state index < -0.39 is 0 Å². The number of methoxy groups -OCH3 is 1. The van der Waals surface area contributed by atoms with E-state index in [-0.39, 0.29) is 5.91 Å². The van der Waals surface area contributed by atoms with Gasteiger partial charge in [0.15, 0.2) is 0 Å². The quantitative estimate of drug-likeness (QED) is 0.853. The lowest BCUT2D eigenvalue weighted by Crippen LogP contribution is -2.19. The Kier molecular flexibility index (Phi) is 3.36. The molecule has 0 unspecified atom stereocenters. The van der Waals surface area contributed by atoms with E-state index in [4.69, 9.17) is 4.74 Å². The minimum atomic E-state index is -0.0230. The zero-order valence-corrected chi connectivity index (χ0v) is 10.4. The Morgan fingerprint density at radius 2 is 2.38 bits per heavy atom. The highest BCUT2D eigenvalue weighted by molar-refractivity contribution is 9.10. The molecule has 0 N–H and O–H groups in total. The van der Waals surface area contributed by atoms with Crippen LogP contribution in [-0.4, -0.2) is 25.3 Å². The summed E-state index contributed by atoms with van der Waals surface area (Å²) in [5.41, 5.74) is 1.53. The van der Waals surface area contributed by atoms with Gasteiger partial charge in [-0.25, -0.2) is 5.01 Å². The maximum Gasteiger partial charge on any atom is 0.253 e. The number of nitrogens with zero attached hydrogens (tertiary/aromatic N) is 2. The molecule has 0 saturated heterocycles. The van der Waals surface area contributed by atoms with Crippen molar-refractivity contribution >= 4 is 33.2 Å². The molecule has 16 heavy (non-hydrogen) atoms. The van der Waals surface area contributed by atoms with Gasteiger partial charge in [-0.3, -0.25) is 4.79 Å². The third-order valence-electron chi connectivity index (χ3n) is 2.20. The smallest absolute Gasteiger partial charge is 0.253 e. The number of carbonyl (C=O) groups is 1. The van der Waals surface area contributed by atoms with Crippen LogP contribution in [0.4, 0.5) is 5.69 Å². The average Bonchev–Trinajstić information content (AvgIpc) is 2.60. The Balaban J connectivity index is 2.24. The van der Waals surface area contributed by atoms with Crippen LogP contribution in [0.1, 0.15) is 6.42 Å². The maximum absolute atomic E-state index is 11.7. The molecule has 0 spiro atoms. The highest BCUT2D eigenvalue weighted by atomic mass is 79.9. The monoisotopic (exact) mass is 282 g/mol. The van der Waals surface area contributed by atoms with E-state index in [0.29, 0.717) is 13.0 Å². The van der Waals surface area contributed by atoms with Gasteiger partial charge in [0.2, 0.25) is 0 Å². The number of hydrogen-bond acceptors (Lipinski definition) is 3. The maximum atomic E-state index is 11.7. The molecular formula is C11H11BrN2O2. The topological polar surface area (TPSA) is 41.9 Å². The molecule has 0 fully saturated rings. The summed E-state index contributed by atoms with van der Waals surface area (Å²) in [6.45, 7) is 0.399. The van der Waals surface area contributed by atoms with Crippen molar-refractivity contribution in [3.05, 3.63) is 28.7 Å². The fourth-order valence-corrected chi connectivity index (χ4v) is 1.93. The summed E-state index contributed by atoms with van der Waals surface area (Å²) in [6.07, 6.45) is 0.334. The second-order valence-electron chi connectivity index (χ2n) is 3.46. The van der Waals surface area contributed by atoms with E-state index in [2.05, 4.69) is 21.0 Å². The molecule has 1 aromatic carbocycles. The molecule has 1 aliphatic rings. The van der Waals surface area contributed by atoms with E-state index >= 15 is 0 Å². The molecule has 2 rings (SSSR count). The van der Waals surface area contributed by atoms with Crippen LogP contribution in [0.3, 0.4) is 0 Å². The van der Waals surface area contributed by atoms with Crippen molar-refractivity contribution in [2.45, 2.75) is 6.42 Å². The largest absolute Gasteiger partial charge is 0.379 e. The molecule has 0 bridgehead atoms. The van der Waals surface area contributed by atoms with Gasteiger partial charge in [0.25, 0.3) is 5.91 Å². The second kappa shape index (κ2) is 4.76. The summed E-state index contributed by atoms with van der Waals surface area (Å²) < 4.78 is 5.89. The molecule has 1 amide bonds. The fourth-order valence-electron chi connectivity index (χ4n) is 1.54. The predicted molar refractivity (Wildman–Crippen MR) is 65.6 cm³/mol. The number of hydrogen-bond donors (Lipinski definition) is 0. The fraction of sp³-hybridized carbons (Fsp3) is 0.273. The lowest BCUT2D eigenvalue weighted by atomic mass is 10.2. The van der Waals surface area contributed by atoms with E-state index in [0.717, 1.165) is 15.9 Å². The number of hydrazone groups is 1. The number of rotatable bonds is 3. The summed E-state index contributed by atoms with van der Waals surface area (Å²) in [7, 11) is 1.59. The Labute approximate surface area is 102 Å². The van der Waals surface area contributed by atoms with Crippen molar-refractivity contribution in [3.63, 3.8) is 0 Å². The number of anilines is 1. The molecule has 0 aromatic heterocycles. The van der Waals surface area contributed by atoms with Crippen LogP contribution >= 0.6 is 15.9 Å². The van der Waals surface area contributed by atoms with Gasteiger partial charge in [-0.2, -0.15) is 5.10 Å². The van der Waals surface area contributed by atoms with Gasteiger partial charge in [0, 0.05) is 11.6 Å². The van der Waals surface area contributed by atoms with Crippen molar-refractivity contribution in [2.24, 2.45) is 5.10 Å². The highest BCUT2D eigenvalue weighted by Crippen LogP contribution is 2.23. The lowest BCUT2D eigenvalue weighted by Gasteiger charge is -2.11. The van der Waals surface area contributed by atoms with E-state index in [9.17, 15) is 4.79 Å². The van der Waals surface area contributed by atoms with Gasteiger partial charge in [-0.1, -0.05) is 22.0 Å². The van der Waals surface area contributed by atoms with Crippen LogP contribution in [0.2, 0.25) is 0 Å². The lowest BCUT2D eigenvalue weighted by molar-refractivity contribution is -0.116. The second-order valence-corrected chi connectivity index (χ2v) is 4.38. The number of ether oxygens (including phenoxy) is 1. The van der Waals surface area contributed by atoms with Gasteiger partial charge in [0.1, 0.15) is 0 Å². The highest BCUT2D eigenvalue weighted by Gasteiger charge is 2.24. The minimum absolute atomic E-state index is 0.0230. The first-order valence-electron chi connectivity index (χ1n) is 4.84. The Hall–Kier alpha value is -1.20. The van der Waals surface area contributed by atoms with E-state index in [1.807, 2.05) is 24.3 Å². The van der Waals surface area contributed by atoms with E-state index in [1.54, 1.807) is 7.11 Å². The zero-order valence-electron chi connectivity index (χ0n) is 8.81. The first kappa shape index (κ1) is 11.3. The number of halogens is 1. The van der Waals surface area contributed by atoms with Gasteiger partial charge in [-0.05, 0) is 18.2 Å². The SMILES string of the molecule is COCC1=NN(c2cccc(Br)c2)C(=O)C1. The molecule has 4 nitrogen and oxygen atoms in total. The molecule has 0 saturated carbocycles. The summed E-state index contributed by atoms with van der Waals surface area (Å²) in [4.78, 5) is 11.7. The van der Waals surface area contributed by atoms with Gasteiger partial charge in [0.05, 0.1) is 24.4 Å². The first-order valence-corrected chi connectivity index (χ1v) is 5.64. The Morgan fingerprint density at radius 1 is 1.56 bits per heavy atom. The first-order chi connectivity index (χ1) is 7.70. The van der Waals surface area contributed by atoms with Gasteiger partial charge < -0.3 is 4.74 Å². The van der Waals surface area contributed by atoms with Crippen molar-refractivity contribution in [1.82, 2.24) is 0 Å². The minimum Gasteiger partial charge on any atom is -0.379 e. The number of carbonyl (C=O) groups excluding carboxylic acids is 1. The van der Waals surface area contributed by atoms with Crippen molar-refractivity contribution in [1.29, 1.82) is 0 Å². The molecular weight excluding hydrogens is 272 g/mol. The molecule has 0 aliphatic carbocycles. The average molecular weight is 283 g/mol. The molecule has 1 aromatic rings. The van der Waals surface area contributed by atoms with Crippen LogP contribution in [0.5, 0.6) is 0 Å². The van der Waals surface area contributed by atoms with Crippen molar-refractivity contribution in [3.8, 4) is 0 Å².